The zero-order valence-electron chi connectivity index (χ0n) is 58.1. The highest BCUT2D eigenvalue weighted by molar-refractivity contribution is 6.15. The predicted molar refractivity (Wildman–Crippen MR) is 419 cm³/mol. The van der Waals surface area contributed by atoms with Gasteiger partial charge in [-0.15, -0.1) is 0 Å². The van der Waals surface area contributed by atoms with E-state index in [4.69, 9.17) is 15.0 Å². The third kappa shape index (κ3) is 11.5. The molecule has 0 amide bonds. The van der Waals surface area contributed by atoms with E-state index in [0.717, 1.165) is 11.1 Å². The lowest BCUT2D eigenvalue weighted by Gasteiger charge is -2.20. The van der Waals surface area contributed by atoms with Gasteiger partial charge in [0, 0.05) is 77.2 Å². The summed E-state index contributed by atoms with van der Waals surface area (Å²) < 4.78 is 4.09. The summed E-state index contributed by atoms with van der Waals surface area (Å²) in [5.74, 6) is 1.12. The molecule has 18 nitrogen and oxygen atoms in total. The van der Waals surface area contributed by atoms with E-state index in [1.54, 1.807) is 36.4 Å². The summed E-state index contributed by atoms with van der Waals surface area (Å²) in [6, 6.07) is 99.8. The molecule has 506 valence electrons. The van der Waals surface area contributed by atoms with Gasteiger partial charge in [0.2, 0.25) is 0 Å². The molecule has 0 radical (unpaired) electrons. The van der Waals surface area contributed by atoms with E-state index in [9.17, 15) is 68.4 Å². The average Bonchev–Trinajstić information content (AvgIpc) is 1.56. The Kier molecular flexibility index (Phi) is 17.1. The fourth-order valence-electron chi connectivity index (χ4n) is 14.9. The minimum Gasteiger partial charge on any atom is -0.309 e. The average molecular weight is 1420 g/mol. The van der Waals surface area contributed by atoms with Gasteiger partial charge in [0.1, 0.15) is 0 Å². The molecule has 0 unspecified atom stereocenters. The van der Waals surface area contributed by atoms with Crippen molar-refractivity contribution >= 4 is 43.6 Å². The molecular formula is C94H40N18. The highest BCUT2D eigenvalue weighted by atomic mass is 15.0. The summed E-state index contributed by atoms with van der Waals surface area (Å²) in [6.45, 7) is 0. The first-order valence-electron chi connectivity index (χ1n) is 34.3. The quantitative estimate of drug-likeness (QED) is 0.116. The maximum absolute atomic E-state index is 11.2. The second kappa shape index (κ2) is 28.1. The predicted octanol–water partition coefficient (Wildman–Crippen LogP) is 19.4. The van der Waals surface area contributed by atoms with E-state index >= 15 is 0 Å². The van der Waals surface area contributed by atoms with E-state index in [1.165, 1.54) is 48.5 Å². The van der Waals surface area contributed by atoms with Crippen molar-refractivity contribution in [2.24, 2.45) is 0 Å². The highest BCUT2D eigenvalue weighted by Gasteiger charge is 2.27. The second-order valence-corrected chi connectivity index (χ2v) is 25.9. The zero-order chi connectivity index (χ0) is 77.4. The van der Waals surface area contributed by atoms with Crippen molar-refractivity contribution in [3.63, 3.8) is 0 Å². The lowest BCUT2D eigenvalue weighted by atomic mass is 9.91. The molecule has 0 fully saturated rings. The number of aromatic nitrogens is 5. The lowest BCUT2D eigenvalue weighted by Crippen LogP contribution is -2.03. The normalized spacial score (nSPS) is 10.6. The van der Waals surface area contributed by atoms with Gasteiger partial charge in [-0.05, 0) is 161 Å². The molecule has 0 aliphatic heterocycles. The molecule has 3 heterocycles. The number of nitrogens with zero attached hydrogens (tertiary/aromatic N) is 18. The van der Waals surface area contributed by atoms with E-state index in [2.05, 4.69) is 83.5 Å². The van der Waals surface area contributed by atoms with Crippen LogP contribution in [0.3, 0.4) is 0 Å². The van der Waals surface area contributed by atoms with Crippen molar-refractivity contribution in [3.8, 4) is 191 Å². The third-order valence-corrected chi connectivity index (χ3v) is 19.8. The standard InChI is InChI=1S/C94H40N18/c95-41-54-27-67(46-100)88(68(28-54)47-101)61-16-22-84-78(36-61)79-37-62(89-69(48-102)29-55(42-96)30-70(89)49-103)17-23-85(79)111(84)82-26-20-65(94-109-92(58-9-3-1-4-10-58)108-93(110-94)59-11-5-2-6-12-59)40-76(82)60-15-21-83(77(35-60)75-14-8-7-13-66(75)45-99)112-86-24-18-63(90-71(50-104)31-56(43-97)32-72(90)51-105)38-80(86)81-39-64(19-25-87(81)112)91-73(52-106)33-57(44-98)34-74(91)53-107/h1-40H. The van der Waals surface area contributed by atoms with Crippen LogP contribution in [0.1, 0.15) is 72.3 Å². The topological polar surface area (TPSA) is 358 Å². The molecular weight excluding hydrogens is 1380 g/mol. The highest BCUT2D eigenvalue weighted by Crippen LogP contribution is 2.47. The summed E-state index contributed by atoms with van der Waals surface area (Å²) in [7, 11) is 0. The van der Waals surface area contributed by atoms with Crippen molar-refractivity contribution < 1.29 is 0 Å². The van der Waals surface area contributed by atoms with Gasteiger partial charge in [-0.25, -0.2) is 15.0 Å². The van der Waals surface area contributed by atoms with Gasteiger partial charge in [-0.1, -0.05) is 109 Å². The molecule has 16 rings (SSSR count). The number of nitriles is 13. The number of hydrogen-bond acceptors (Lipinski definition) is 16. The number of benzene rings is 13. The first kappa shape index (κ1) is 68.3. The van der Waals surface area contributed by atoms with Gasteiger partial charge in [0.25, 0.3) is 0 Å². The van der Waals surface area contributed by atoms with E-state index in [-0.39, 0.29) is 89.0 Å². The van der Waals surface area contributed by atoms with Crippen molar-refractivity contribution in [3.05, 3.63) is 315 Å². The van der Waals surface area contributed by atoms with Crippen LogP contribution < -0.4 is 0 Å². The van der Waals surface area contributed by atoms with Crippen LogP contribution in [0.5, 0.6) is 0 Å². The number of rotatable bonds is 11. The Morgan fingerprint density at radius 1 is 0.196 bits per heavy atom. The van der Waals surface area contributed by atoms with Crippen LogP contribution in [0.2, 0.25) is 0 Å². The number of fused-ring (bicyclic) bond motifs is 6. The lowest BCUT2D eigenvalue weighted by molar-refractivity contribution is 1.07. The molecule has 13 aromatic carbocycles. The van der Waals surface area contributed by atoms with Crippen LogP contribution in [-0.4, -0.2) is 24.1 Å². The molecule has 0 aliphatic carbocycles. The van der Waals surface area contributed by atoms with Crippen LogP contribution in [0, 0.1) is 147 Å². The minimum absolute atomic E-state index is 0.0841. The minimum atomic E-state index is 0.0841. The largest absolute Gasteiger partial charge is 0.309 e. The van der Waals surface area contributed by atoms with Gasteiger partial charge >= 0.3 is 0 Å². The van der Waals surface area contributed by atoms with Crippen molar-refractivity contribution in [1.82, 2.24) is 24.1 Å². The van der Waals surface area contributed by atoms with Gasteiger partial charge in [-0.2, -0.15) is 68.4 Å². The first-order chi connectivity index (χ1) is 54.9. The van der Waals surface area contributed by atoms with Crippen LogP contribution in [0.15, 0.2) is 243 Å². The van der Waals surface area contributed by atoms with Crippen molar-refractivity contribution in [2.75, 3.05) is 0 Å². The Balaban J connectivity index is 1.02. The van der Waals surface area contributed by atoms with Crippen LogP contribution in [-0.2, 0) is 0 Å². The maximum Gasteiger partial charge on any atom is 0.164 e. The molecule has 18 heteroatoms. The molecule has 0 saturated carbocycles. The Morgan fingerprint density at radius 2 is 0.464 bits per heavy atom. The summed E-state index contributed by atoms with van der Waals surface area (Å²) in [5, 5.41) is 139. The van der Waals surface area contributed by atoms with E-state index in [0.29, 0.717) is 128 Å². The van der Waals surface area contributed by atoms with Crippen molar-refractivity contribution in [2.45, 2.75) is 0 Å². The Bertz CT molecular complexity index is 6990. The fourth-order valence-corrected chi connectivity index (χ4v) is 14.9. The summed E-state index contributed by atoms with van der Waals surface area (Å²) in [5.41, 5.74) is 12.3. The molecule has 112 heavy (non-hydrogen) atoms. The molecule has 3 aromatic heterocycles. The Hall–Kier alpha value is -18.2. The van der Waals surface area contributed by atoms with Crippen LogP contribution in [0.4, 0.5) is 0 Å². The molecule has 0 spiro atoms. The van der Waals surface area contributed by atoms with Crippen molar-refractivity contribution in [1.29, 1.82) is 68.4 Å². The smallest absolute Gasteiger partial charge is 0.164 e. The third-order valence-electron chi connectivity index (χ3n) is 19.8. The monoisotopic (exact) mass is 1420 g/mol. The Morgan fingerprint density at radius 3 is 0.777 bits per heavy atom. The van der Waals surface area contributed by atoms with Crippen LogP contribution in [0.25, 0.3) is 156 Å². The Labute approximate surface area is 638 Å². The SMILES string of the molecule is N#Cc1cc(C#N)c(-c2ccc3c(c2)c2cc(-c4c(C#N)cc(C#N)cc4C#N)ccc2n3-c2ccc(-c3nc(-c4ccccc4)nc(-c4ccccc4)n3)cc2-c2ccc(-n3c4ccc(-c5c(C#N)cc(C#N)cc5C#N)cc4c4cc(-c5c(C#N)cc(C#N)cc5C#N)ccc43)c(-c3ccccc3C#N)c2)c(C#N)c1. The second-order valence-electron chi connectivity index (χ2n) is 25.9. The van der Waals surface area contributed by atoms with Gasteiger partial charge in [0.15, 0.2) is 17.5 Å². The van der Waals surface area contributed by atoms with E-state index < -0.39 is 0 Å². The van der Waals surface area contributed by atoms with Gasteiger partial charge in [0.05, 0.1) is 185 Å². The zero-order valence-corrected chi connectivity index (χ0v) is 58.1. The molecule has 0 aliphatic rings. The summed E-state index contributed by atoms with van der Waals surface area (Å²) in [6.07, 6.45) is 0. The number of hydrogen-bond donors (Lipinski definition) is 0. The van der Waals surface area contributed by atoms with Gasteiger partial charge in [-0.3, -0.25) is 0 Å². The summed E-state index contributed by atoms with van der Waals surface area (Å²) in [4.78, 5) is 15.4. The molecule has 0 bridgehead atoms. The molecule has 0 saturated heterocycles. The molecule has 0 N–H and O–H groups in total. The van der Waals surface area contributed by atoms with Crippen LogP contribution >= 0.6 is 0 Å². The van der Waals surface area contributed by atoms with E-state index in [1.807, 2.05) is 162 Å². The first-order valence-corrected chi connectivity index (χ1v) is 34.3. The maximum atomic E-state index is 11.2. The fraction of sp³-hybridized carbons (Fsp3) is 0. The summed E-state index contributed by atoms with van der Waals surface area (Å²) >= 11 is 0. The molecule has 0 atom stereocenters. The molecule has 16 aromatic rings. The van der Waals surface area contributed by atoms with Gasteiger partial charge < -0.3 is 9.13 Å².